The molecular weight excluding hydrogens is 292 g/mol. The molecule has 0 aliphatic carbocycles. The molecule has 1 aromatic carbocycles. The van der Waals surface area contributed by atoms with E-state index in [1.54, 1.807) is 4.90 Å². The van der Waals surface area contributed by atoms with Crippen LogP contribution in [0.5, 0.6) is 5.75 Å². The highest BCUT2D eigenvalue weighted by molar-refractivity contribution is 5.68. The van der Waals surface area contributed by atoms with Gasteiger partial charge in [0.25, 0.3) is 0 Å². The fourth-order valence-corrected chi connectivity index (χ4v) is 2.26. The van der Waals surface area contributed by atoms with E-state index >= 15 is 0 Å². The first kappa shape index (κ1) is 16.5. The molecule has 1 aromatic rings. The number of benzene rings is 1. The Balaban J connectivity index is 1.84. The summed E-state index contributed by atoms with van der Waals surface area (Å²) in [5, 5.41) is 0. The fraction of sp³-hybridized carbons (Fsp3) is 0.562. The molecule has 0 aromatic heterocycles. The Hall–Kier alpha value is -1.85. The van der Waals surface area contributed by atoms with Crippen LogP contribution in [0.15, 0.2) is 18.2 Å². The Morgan fingerprint density at radius 2 is 2.09 bits per heavy atom. The number of hydrogen-bond donors (Lipinski definition) is 0. The van der Waals surface area contributed by atoms with Gasteiger partial charge in [-0.1, -0.05) is 6.07 Å². The Bertz CT molecular complexity index is 543. The van der Waals surface area contributed by atoms with E-state index < -0.39 is 17.2 Å². The first-order valence-electron chi connectivity index (χ1n) is 7.31. The van der Waals surface area contributed by atoms with Gasteiger partial charge in [-0.05, 0) is 39.3 Å². The number of likely N-dealkylation sites (tertiary alicyclic amines) is 1. The Morgan fingerprint density at radius 1 is 1.36 bits per heavy atom. The van der Waals surface area contributed by atoms with Gasteiger partial charge in [-0.2, -0.15) is 4.39 Å². The summed E-state index contributed by atoms with van der Waals surface area (Å²) in [5.74, 6) is -1.94. The van der Waals surface area contributed by atoms with Crippen LogP contribution in [0.3, 0.4) is 0 Å². The summed E-state index contributed by atoms with van der Waals surface area (Å²) in [7, 11) is 0. The van der Waals surface area contributed by atoms with Gasteiger partial charge in [0.15, 0.2) is 11.6 Å². The van der Waals surface area contributed by atoms with Gasteiger partial charge in [0.05, 0.1) is 6.61 Å². The second-order valence-corrected chi connectivity index (χ2v) is 6.44. The van der Waals surface area contributed by atoms with Crippen molar-refractivity contribution in [2.75, 3.05) is 19.7 Å². The summed E-state index contributed by atoms with van der Waals surface area (Å²) in [6, 6.07) is 3.83. The molecule has 122 valence electrons. The van der Waals surface area contributed by atoms with E-state index in [0.717, 1.165) is 12.5 Å². The lowest BCUT2D eigenvalue weighted by Crippen LogP contribution is -2.35. The van der Waals surface area contributed by atoms with Crippen LogP contribution >= 0.6 is 0 Å². The average molecular weight is 313 g/mol. The van der Waals surface area contributed by atoms with Gasteiger partial charge < -0.3 is 14.4 Å². The Kier molecular flexibility index (Phi) is 4.88. The predicted octanol–water partition coefficient (Wildman–Crippen LogP) is 3.60. The van der Waals surface area contributed by atoms with Gasteiger partial charge in [-0.25, -0.2) is 9.18 Å². The molecule has 1 aliphatic rings. The van der Waals surface area contributed by atoms with Crippen LogP contribution < -0.4 is 4.74 Å². The summed E-state index contributed by atoms with van der Waals surface area (Å²) in [6.07, 6.45) is 0.392. The van der Waals surface area contributed by atoms with E-state index in [4.69, 9.17) is 9.47 Å². The molecule has 1 amide bonds. The van der Waals surface area contributed by atoms with Crippen LogP contribution in [0.1, 0.15) is 27.2 Å². The largest absolute Gasteiger partial charge is 0.490 e. The van der Waals surface area contributed by atoms with Crippen molar-refractivity contribution < 1.29 is 23.0 Å². The van der Waals surface area contributed by atoms with Crippen molar-refractivity contribution in [3.8, 4) is 5.75 Å². The highest BCUT2D eigenvalue weighted by atomic mass is 19.2. The molecular formula is C16H21F2NO3. The molecule has 4 nitrogen and oxygen atoms in total. The number of carbonyl (C=O) groups is 1. The summed E-state index contributed by atoms with van der Waals surface area (Å²) >= 11 is 0. The third kappa shape index (κ3) is 4.32. The maximum absolute atomic E-state index is 13.5. The molecule has 22 heavy (non-hydrogen) atoms. The number of halogens is 2. The maximum atomic E-state index is 13.5. The van der Waals surface area contributed by atoms with E-state index in [2.05, 4.69) is 0 Å². The quantitative estimate of drug-likeness (QED) is 0.856. The lowest BCUT2D eigenvalue weighted by molar-refractivity contribution is 0.0284. The van der Waals surface area contributed by atoms with Crippen molar-refractivity contribution in [1.82, 2.24) is 4.90 Å². The van der Waals surface area contributed by atoms with Crippen LogP contribution in [0.2, 0.25) is 0 Å². The zero-order chi connectivity index (χ0) is 16.3. The number of ether oxygens (including phenoxy) is 2. The molecule has 0 bridgehead atoms. The molecule has 0 spiro atoms. The molecule has 1 heterocycles. The highest BCUT2D eigenvalue weighted by Crippen LogP contribution is 2.23. The zero-order valence-corrected chi connectivity index (χ0v) is 13.1. The molecule has 0 saturated carbocycles. The monoisotopic (exact) mass is 313 g/mol. The van der Waals surface area contributed by atoms with Crippen molar-refractivity contribution in [1.29, 1.82) is 0 Å². The molecule has 1 aliphatic heterocycles. The van der Waals surface area contributed by atoms with Gasteiger partial charge in [0.1, 0.15) is 5.60 Å². The smallest absolute Gasteiger partial charge is 0.410 e. The maximum Gasteiger partial charge on any atom is 0.410 e. The lowest BCUT2D eigenvalue weighted by atomic mass is 10.1. The Morgan fingerprint density at radius 3 is 2.77 bits per heavy atom. The van der Waals surface area contributed by atoms with Gasteiger partial charge in [0, 0.05) is 19.0 Å². The molecule has 0 unspecified atom stereocenters. The standard InChI is InChI=1S/C16H21F2NO3/c1-16(2,3)22-15(20)19-8-7-11(9-19)10-21-13-6-4-5-12(17)14(13)18/h4-6,11H,7-10H2,1-3H3/t11-/m0/s1. The first-order valence-corrected chi connectivity index (χ1v) is 7.31. The number of hydrogen-bond acceptors (Lipinski definition) is 3. The van der Waals surface area contributed by atoms with Crippen molar-refractivity contribution in [3.63, 3.8) is 0 Å². The van der Waals surface area contributed by atoms with Gasteiger partial charge >= 0.3 is 6.09 Å². The van der Waals surface area contributed by atoms with Gasteiger partial charge in [-0.15, -0.1) is 0 Å². The molecule has 0 radical (unpaired) electrons. The number of rotatable bonds is 3. The average Bonchev–Trinajstić information content (AvgIpc) is 2.87. The minimum absolute atomic E-state index is 0.0789. The molecule has 1 fully saturated rings. The normalized spacial score (nSPS) is 18.4. The summed E-state index contributed by atoms with van der Waals surface area (Å²) in [5.41, 5.74) is -0.531. The molecule has 2 rings (SSSR count). The zero-order valence-electron chi connectivity index (χ0n) is 13.1. The third-order valence-electron chi connectivity index (χ3n) is 3.33. The van der Waals surface area contributed by atoms with Crippen LogP contribution in [0, 0.1) is 17.6 Å². The van der Waals surface area contributed by atoms with Crippen molar-refractivity contribution in [2.45, 2.75) is 32.8 Å². The molecule has 6 heteroatoms. The van der Waals surface area contributed by atoms with Crippen LogP contribution in [-0.2, 0) is 4.74 Å². The van der Waals surface area contributed by atoms with Crippen molar-refractivity contribution >= 4 is 6.09 Å². The molecule has 1 saturated heterocycles. The minimum Gasteiger partial charge on any atom is -0.490 e. The summed E-state index contributed by atoms with van der Waals surface area (Å²) in [4.78, 5) is 13.5. The van der Waals surface area contributed by atoms with Crippen molar-refractivity contribution in [2.24, 2.45) is 5.92 Å². The number of amides is 1. The van der Waals surface area contributed by atoms with Gasteiger partial charge in [0.2, 0.25) is 5.82 Å². The second-order valence-electron chi connectivity index (χ2n) is 6.44. The lowest BCUT2D eigenvalue weighted by Gasteiger charge is -2.24. The van der Waals surface area contributed by atoms with E-state index in [1.165, 1.54) is 12.1 Å². The fourth-order valence-electron chi connectivity index (χ4n) is 2.26. The van der Waals surface area contributed by atoms with Crippen LogP contribution in [0.4, 0.5) is 13.6 Å². The SMILES string of the molecule is CC(C)(C)OC(=O)N1CC[C@H](COc2cccc(F)c2F)C1. The van der Waals surface area contributed by atoms with E-state index in [-0.39, 0.29) is 24.4 Å². The highest BCUT2D eigenvalue weighted by Gasteiger charge is 2.30. The summed E-state index contributed by atoms with van der Waals surface area (Å²) in [6.45, 7) is 6.75. The topological polar surface area (TPSA) is 38.8 Å². The number of carbonyl (C=O) groups excluding carboxylic acids is 1. The molecule has 1 atom stereocenters. The van der Waals surface area contributed by atoms with E-state index in [9.17, 15) is 13.6 Å². The second kappa shape index (κ2) is 6.50. The molecule has 0 N–H and O–H groups in total. The van der Waals surface area contributed by atoms with Crippen LogP contribution in [-0.4, -0.2) is 36.3 Å². The van der Waals surface area contributed by atoms with Crippen LogP contribution in [0.25, 0.3) is 0 Å². The first-order chi connectivity index (χ1) is 10.3. The predicted molar refractivity (Wildman–Crippen MR) is 77.8 cm³/mol. The van der Waals surface area contributed by atoms with Gasteiger partial charge in [-0.3, -0.25) is 0 Å². The number of nitrogens with zero attached hydrogens (tertiary/aromatic N) is 1. The Labute approximate surface area is 129 Å². The third-order valence-corrected chi connectivity index (χ3v) is 3.33. The van der Waals surface area contributed by atoms with E-state index in [1.807, 2.05) is 20.8 Å². The summed E-state index contributed by atoms with van der Waals surface area (Å²) < 4.78 is 37.2. The van der Waals surface area contributed by atoms with Crippen molar-refractivity contribution in [3.05, 3.63) is 29.8 Å². The minimum atomic E-state index is -0.982. The van der Waals surface area contributed by atoms with E-state index in [0.29, 0.717) is 13.1 Å².